The summed E-state index contributed by atoms with van der Waals surface area (Å²) in [6.45, 7) is 9.12. The van der Waals surface area contributed by atoms with Crippen molar-refractivity contribution in [3.8, 4) is 0 Å². The van der Waals surface area contributed by atoms with Crippen molar-refractivity contribution in [3.05, 3.63) is 17.5 Å². The van der Waals surface area contributed by atoms with E-state index in [0.717, 1.165) is 50.1 Å². The van der Waals surface area contributed by atoms with Crippen molar-refractivity contribution in [1.82, 2.24) is 9.78 Å². The van der Waals surface area contributed by atoms with E-state index < -0.39 is 5.60 Å². The van der Waals surface area contributed by atoms with Gasteiger partial charge in [0, 0.05) is 19.2 Å². The number of aliphatic hydroxyl groups is 1. The molecule has 0 radical (unpaired) electrons. The zero-order chi connectivity index (χ0) is 15.7. The van der Waals surface area contributed by atoms with Crippen LogP contribution >= 0.6 is 0 Å². The fourth-order valence-electron chi connectivity index (χ4n) is 3.68. The van der Waals surface area contributed by atoms with Gasteiger partial charge in [-0.2, -0.15) is 5.10 Å². The highest BCUT2D eigenvalue weighted by molar-refractivity contribution is 5.13. The van der Waals surface area contributed by atoms with E-state index in [9.17, 15) is 5.11 Å². The summed E-state index contributed by atoms with van der Waals surface area (Å²) in [5.41, 5.74) is 2.10. The minimum Gasteiger partial charge on any atom is -0.389 e. The zero-order valence-corrected chi connectivity index (χ0v) is 14.4. The summed E-state index contributed by atoms with van der Waals surface area (Å²) < 4.78 is 1.95. The molecule has 0 amide bonds. The second-order valence-corrected chi connectivity index (χ2v) is 8.00. The standard InChI is InChI=1S/C18H32N2O/c1-6-15-12-16(20(5)19-15)13-18(21)10-7-8-14(9-11-18)17(2,3)4/h12,14,21H,6-11,13H2,1-5H3. The van der Waals surface area contributed by atoms with Gasteiger partial charge in [0.1, 0.15) is 0 Å². The summed E-state index contributed by atoms with van der Waals surface area (Å²) >= 11 is 0. The Bertz CT molecular complexity index is 472. The predicted octanol–water partition coefficient (Wildman–Crippen LogP) is 3.88. The van der Waals surface area contributed by atoms with E-state index >= 15 is 0 Å². The Balaban J connectivity index is 2.06. The number of aryl methyl sites for hydroxylation is 2. The first-order valence-corrected chi connectivity index (χ1v) is 8.48. The van der Waals surface area contributed by atoms with Crippen molar-refractivity contribution >= 4 is 0 Å². The quantitative estimate of drug-likeness (QED) is 0.858. The normalized spacial score (nSPS) is 27.6. The Morgan fingerprint density at radius 1 is 1.33 bits per heavy atom. The van der Waals surface area contributed by atoms with E-state index in [-0.39, 0.29) is 0 Å². The Hall–Kier alpha value is -0.830. The predicted molar refractivity (Wildman–Crippen MR) is 87.3 cm³/mol. The van der Waals surface area contributed by atoms with Gasteiger partial charge >= 0.3 is 0 Å². The van der Waals surface area contributed by atoms with Crippen molar-refractivity contribution in [2.45, 2.75) is 78.2 Å². The number of rotatable bonds is 3. The molecule has 3 heteroatoms. The van der Waals surface area contributed by atoms with Gasteiger partial charge in [-0.3, -0.25) is 4.68 Å². The van der Waals surface area contributed by atoms with E-state index in [1.807, 2.05) is 11.7 Å². The molecule has 2 unspecified atom stereocenters. The zero-order valence-electron chi connectivity index (χ0n) is 14.4. The number of hydrogen-bond donors (Lipinski definition) is 1. The summed E-state index contributed by atoms with van der Waals surface area (Å²) in [6.07, 6.45) is 7.06. The first kappa shape index (κ1) is 16.5. The molecule has 1 heterocycles. The third kappa shape index (κ3) is 4.09. The van der Waals surface area contributed by atoms with E-state index in [0.29, 0.717) is 5.41 Å². The smallest absolute Gasteiger partial charge is 0.0703 e. The van der Waals surface area contributed by atoms with Crippen LogP contribution in [0.2, 0.25) is 0 Å². The fourth-order valence-corrected chi connectivity index (χ4v) is 3.68. The van der Waals surface area contributed by atoms with Crippen molar-refractivity contribution in [3.63, 3.8) is 0 Å². The van der Waals surface area contributed by atoms with Crippen molar-refractivity contribution in [1.29, 1.82) is 0 Å². The lowest BCUT2D eigenvalue weighted by atomic mass is 9.76. The van der Waals surface area contributed by atoms with Gasteiger partial charge in [0.05, 0.1) is 11.3 Å². The Labute approximate surface area is 129 Å². The van der Waals surface area contributed by atoms with Crippen LogP contribution < -0.4 is 0 Å². The molecule has 0 bridgehead atoms. The third-order valence-electron chi connectivity index (χ3n) is 5.28. The molecule has 0 saturated heterocycles. The maximum absolute atomic E-state index is 11.1. The van der Waals surface area contributed by atoms with Crippen LogP contribution in [0.4, 0.5) is 0 Å². The second-order valence-electron chi connectivity index (χ2n) is 8.00. The summed E-state index contributed by atoms with van der Waals surface area (Å²) in [6, 6.07) is 2.16. The van der Waals surface area contributed by atoms with Crippen LogP contribution in [0.3, 0.4) is 0 Å². The van der Waals surface area contributed by atoms with Gasteiger partial charge in [0.25, 0.3) is 0 Å². The fraction of sp³-hybridized carbons (Fsp3) is 0.833. The lowest BCUT2D eigenvalue weighted by Gasteiger charge is -2.31. The van der Waals surface area contributed by atoms with Crippen LogP contribution in [0.1, 0.15) is 71.2 Å². The van der Waals surface area contributed by atoms with Crippen LogP contribution in [-0.2, 0) is 19.9 Å². The van der Waals surface area contributed by atoms with Gasteiger partial charge in [0.2, 0.25) is 0 Å². The molecular formula is C18H32N2O. The topological polar surface area (TPSA) is 38.0 Å². The Morgan fingerprint density at radius 2 is 2.05 bits per heavy atom. The lowest BCUT2D eigenvalue weighted by Crippen LogP contribution is -2.32. The van der Waals surface area contributed by atoms with Gasteiger partial charge in [-0.15, -0.1) is 0 Å². The van der Waals surface area contributed by atoms with Crippen molar-refractivity contribution < 1.29 is 5.11 Å². The maximum atomic E-state index is 11.1. The molecule has 0 aliphatic heterocycles. The van der Waals surface area contributed by atoms with E-state index in [4.69, 9.17) is 0 Å². The highest BCUT2D eigenvalue weighted by atomic mass is 16.3. The van der Waals surface area contributed by atoms with Crippen LogP contribution in [0, 0.1) is 11.3 Å². The van der Waals surface area contributed by atoms with Crippen molar-refractivity contribution in [2.75, 3.05) is 0 Å². The second kappa shape index (κ2) is 6.12. The SMILES string of the molecule is CCc1cc(CC2(O)CCCC(C(C)(C)C)CC2)n(C)n1. The molecule has 0 aromatic carbocycles. The van der Waals surface area contributed by atoms with Gasteiger partial charge in [0.15, 0.2) is 0 Å². The molecule has 1 fully saturated rings. The number of nitrogens with zero attached hydrogens (tertiary/aromatic N) is 2. The molecule has 2 atom stereocenters. The minimum atomic E-state index is -0.543. The first-order chi connectivity index (χ1) is 9.73. The maximum Gasteiger partial charge on any atom is 0.0703 e. The van der Waals surface area contributed by atoms with Crippen LogP contribution in [0.15, 0.2) is 6.07 Å². The molecule has 1 N–H and O–H groups in total. The molecule has 2 rings (SSSR count). The number of hydrogen-bond acceptors (Lipinski definition) is 2. The van der Waals surface area contributed by atoms with Gasteiger partial charge in [-0.1, -0.05) is 34.1 Å². The molecule has 1 aliphatic carbocycles. The number of aromatic nitrogens is 2. The third-order valence-corrected chi connectivity index (χ3v) is 5.28. The van der Waals surface area contributed by atoms with Gasteiger partial charge in [-0.05, 0) is 49.5 Å². The van der Waals surface area contributed by atoms with Gasteiger partial charge in [-0.25, -0.2) is 0 Å². The van der Waals surface area contributed by atoms with Crippen LogP contribution in [0.5, 0.6) is 0 Å². The summed E-state index contributed by atoms with van der Waals surface area (Å²) in [7, 11) is 1.99. The molecule has 1 aromatic heterocycles. The average molecular weight is 292 g/mol. The molecule has 21 heavy (non-hydrogen) atoms. The summed E-state index contributed by atoms with van der Waals surface area (Å²) in [5.74, 6) is 0.726. The molecule has 1 aliphatic rings. The highest BCUT2D eigenvalue weighted by Crippen LogP contribution is 2.40. The highest BCUT2D eigenvalue weighted by Gasteiger charge is 2.35. The molecule has 120 valence electrons. The van der Waals surface area contributed by atoms with Crippen LogP contribution in [0.25, 0.3) is 0 Å². The average Bonchev–Trinajstić information content (AvgIpc) is 2.60. The van der Waals surface area contributed by atoms with E-state index in [1.165, 1.54) is 12.1 Å². The molecule has 0 spiro atoms. The van der Waals surface area contributed by atoms with Crippen molar-refractivity contribution in [2.24, 2.45) is 18.4 Å². The monoisotopic (exact) mass is 292 g/mol. The Kier molecular flexibility index (Phi) is 4.82. The van der Waals surface area contributed by atoms with E-state index in [2.05, 4.69) is 38.9 Å². The lowest BCUT2D eigenvalue weighted by molar-refractivity contribution is 0.0208. The summed E-state index contributed by atoms with van der Waals surface area (Å²) in [4.78, 5) is 0. The molecule has 1 aromatic rings. The molecule has 1 saturated carbocycles. The molecular weight excluding hydrogens is 260 g/mol. The summed E-state index contributed by atoms with van der Waals surface area (Å²) in [5, 5.41) is 15.6. The first-order valence-electron chi connectivity index (χ1n) is 8.48. The Morgan fingerprint density at radius 3 is 2.62 bits per heavy atom. The van der Waals surface area contributed by atoms with E-state index in [1.54, 1.807) is 0 Å². The van der Waals surface area contributed by atoms with Gasteiger partial charge < -0.3 is 5.11 Å². The van der Waals surface area contributed by atoms with Crippen LogP contribution in [-0.4, -0.2) is 20.5 Å². The molecule has 3 nitrogen and oxygen atoms in total. The minimum absolute atomic E-state index is 0.354. The largest absolute Gasteiger partial charge is 0.389 e.